The van der Waals surface area contributed by atoms with Crippen LogP contribution in [0.3, 0.4) is 0 Å². The van der Waals surface area contributed by atoms with Gasteiger partial charge in [-0.25, -0.2) is 9.78 Å². The molecule has 0 atom stereocenters. The molecule has 0 bridgehead atoms. The van der Waals surface area contributed by atoms with Crippen molar-refractivity contribution >= 4 is 38.6 Å². The molecule has 3 aromatic rings. The molecule has 0 fully saturated rings. The lowest BCUT2D eigenvalue weighted by Crippen LogP contribution is -2.22. The summed E-state index contributed by atoms with van der Waals surface area (Å²) in [5, 5.41) is 5.81. The molecule has 0 aliphatic heterocycles. The number of hydrogen-bond acceptors (Lipinski definition) is 7. The van der Waals surface area contributed by atoms with Gasteiger partial charge < -0.3 is 4.74 Å². The number of hydrogen-bond donors (Lipinski definition) is 0. The minimum Gasteiger partial charge on any atom is -0.432 e. The second kappa shape index (κ2) is 7.89. The van der Waals surface area contributed by atoms with E-state index in [9.17, 15) is 4.79 Å². The molecule has 0 radical (unpaired) electrons. The Balaban J connectivity index is 1.40. The van der Waals surface area contributed by atoms with Crippen LogP contribution < -0.4 is 4.84 Å². The van der Waals surface area contributed by atoms with Crippen LogP contribution in [0.5, 0.6) is 0 Å². The Morgan fingerprint density at radius 1 is 1.17 bits per heavy atom. The van der Waals surface area contributed by atoms with Gasteiger partial charge in [0, 0.05) is 17.3 Å². The molecule has 118 valence electrons. The Morgan fingerprint density at radius 2 is 2.04 bits per heavy atom. The fourth-order valence-corrected chi connectivity index (χ4v) is 3.48. The molecule has 0 N–H and O–H groups in total. The molecule has 0 unspecified atom stereocenters. The van der Waals surface area contributed by atoms with E-state index in [2.05, 4.69) is 10.1 Å². The molecule has 8 heteroatoms. The van der Waals surface area contributed by atoms with Crippen molar-refractivity contribution in [1.29, 1.82) is 0 Å². The van der Waals surface area contributed by atoms with Crippen LogP contribution in [0.15, 0.2) is 59.9 Å². The van der Waals surface area contributed by atoms with Crippen LogP contribution in [0.1, 0.15) is 0 Å². The van der Waals surface area contributed by atoms with Crippen molar-refractivity contribution in [3.05, 3.63) is 54.9 Å². The number of nitrogens with zero attached hydrogens (tertiary/aromatic N) is 3. The molecule has 0 aliphatic carbocycles. The number of carbonyl (C=O) groups is 1. The second-order valence-electron chi connectivity index (χ2n) is 4.34. The zero-order valence-corrected chi connectivity index (χ0v) is 13.6. The number of para-hydroxylation sites is 1. The smallest absolute Gasteiger partial charge is 0.432 e. The van der Waals surface area contributed by atoms with Gasteiger partial charge in [0.15, 0.2) is 0 Å². The monoisotopic (exact) mass is 347 g/mol. The highest BCUT2D eigenvalue weighted by atomic mass is 33.1. The summed E-state index contributed by atoms with van der Waals surface area (Å²) in [6, 6.07) is 13.2. The first kappa shape index (κ1) is 15.7. The van der Waals surface area contributed by atoms with Crippen LogP contribution in [0.4, 0.5) is 4.79 Å². The van der Waals surface area contributed by atoms with Crippen LogP contribution >= 0.6 is 21.6 Å². The highest BCUT2D eigenvalue weighted by molar-refractivity contribution is 8.76. The lowest BCUT2D eigenvalue weighted by Gasteiger charge is -2.05. The first-order chi connectivity index (χ1) is 11.3. The summed E-state index contributed by atoms with van der Waals surface area (Å²) in [5.41, 5.74) is 0.713. The van der Waals surface area contributed by atoms with E-state index >= 15 is 0 Å². The van der Waals surface area contributed by atoms with E-state index < -0.39 is 6.16 Å². The number of carbonyl (C=O) groups excluding carboxylic acids is 1. The number of rotatable bonds is 6. The third-order valence-corrected chi connectivity index (χ3v) is 5.00. The minimum atomic E-state index is -0.776. The highest BCUT2D eigenvalue weighted by Crippen LogP contribution is 2.28. The van der Waals surface area contributed by atoms with Crippen molar-refractivity contribution in [1.82, 2.24) is 14.9 Å². The first-order valence-electron chi connectivity index (χ1n) is 6.81. The van der Waals surface area contributed by atoms with Gasteiger partial charge in [0.25, 0.3) is 0 Å². The maximum absolute atomic E-state index is 11.7. The van der Waals surface area contributed by atoms with E-state index in [0.29, 0.717) is 11.3 Å². The standard InChI is InChI=1S/C15H13N3O3S2/c19-15(20-9-10-22-23-14-7-3-4-8-16-14)21-18-13-6-2-1-5-12(13)11-17-18/h1-8,11H,9-10H2. The number of aromatic nitrogens is 3. The van der Waals surface area contributed by atoms with Gasteiger partial charge in [-0.1, -0.05) is 39.9 Å². The maximum Gasteiger partial charge on any atom is 0.535 e. The summed E-state index contributed by atoms with van der Waals surface area (Å²) in [7, 11) is 3.09. The van der Waals surface area contributed by atoms with E-state index in [1.54, 1.807) is 23.2 Å². The molecule has 6 nitrogen and oxygen atoms in total. The predicted octanol–water partition coefficient (Wildman–Crippen LogP) is 3.44. The van der Waals surface area contributed by atoms with Gasteiger partial charge in [0.05, 0.1) is 6.20 Å². The van der Waals surface area contributed by atoms with Crippen LogP contribution in [0.2, 0.25) is 0 Å². The normalized spacial score (nSPS) is 10.6. The summed E-state index contributed by atoms with van der Waals surface area (Å²) in [6.07, 6.45) is 2.59. The van der Waals surface area contributed by atoms with Crippen molar-refractivity contribution in [2.24, 2.45) is 0 Å². The molecule has 0 spiro atoms. The lowest BCUT2D eigenvalue weighted by molar-refractivity contribution is 0.0452. The molecular formula is C15H13N3O3S2. The van der Waals surface area contributed by atoms with Crippen LogP contribution in [-0.4, -0.2) is 33.4 Å². The van der Waals surface area contributed by atoms with Crippen molar-refractivity contribution in [3.63, 3.8) is 0 Å². The quantitative estimate of drug-likeness (QED) is 0.384. The van der Waals surface area contributed by atoms with E-state index in [0.717, 1.165) is 15.3 Å². The second-order valence-corrected chi connectivity index (χ2v) is 6.78. The summed E-state index contributed by atoms with van der Waals surface area (Å²) >= 11 is 0. The molecule has 3 rings (SSSR count). The van der Waals surface area contributed by atoms with E-state index in [-0.39, 0.29) is 6.61 Å². The number of pyridine rings is 1. The SMILES string of the molecule is O=C(OCCSSc1ccccn1)On1ncc2ccccc21. The zero-order valence-electron chi connectivity index (χ0n) is 12.0. The maximum atomic E-state index is 11.7. The van der Waals surface area contributed by atoms with Gasteiger partial charge in [-0.3, -0.25) is 4.84 Å². The van der Waals surface area contributed by atoms with E-state index in [1.807, 2.05) is 42.5 Å². The highest BCUT2D eigenvalue weighted by Gasteiger charge is 2.09. The summed E-state index contributed by atoms with van der Waals surface area (Å²) < 4.78 is 5.03. The van der Waals surface area contributed by atoms with Crippen molar-refractivity contribution in [2.45, 2.75) is 5.03 Å². The average molecular weight is 347 g/mol. The van der Waals surface area contributed by atoms with Gasteiger partial charge in [-0.15, -0.1) is 5.10 Å². The largest absolute Gasteiger partial charge is 0.535 e. The molecule has 1 aromatic carbocycles. The number of ether oxygens (including phenoxy) is 1. The van der Waals surface area contributed by atoms with Crippen LogP contribution in [0, 0.1) is 0 Å². The van der Waals surface area contributed by atoms with Crippen LogP contribution in [-0.2, 0) is 4.74 Å². The third-order valence-electron chi connectivity index (χ3n) is 2.77. The Bertz CT molecular complexity index is 780. The Labute approximate surface area is 140 Å². The van der Waals surface area contributed by atoms with Crippen molar-refractivity contribution < 1.29 is 14.4 Å². The molecule has 0 saturated heterocycles. The van der Waals surface area contributed by atoms with Gasteiger partial charge >= 0.3 is 6.16 Å². The fourth-order valence-electron chi connectivity index (χ4n) is 1.77. The average Bonchev–Trinajstić information content (AvgIpc) is 2.99. The van der Waals surface area contributed by atoms with E-state index in [4.69, 9.17) is 9.57 Å². The van der Waals surface area contributed by atoms with Gasteiger partial charge in [-0.2, -0.15) is 0 Å². The summed E-state index contributed by atoms with van der Waals surface area (Å²) in [4.78, 5) is 22.1. The number of fused-ring (bicyclic) bond motifs is 1. The van der Waals surface area contributed by atoms with Crippen molar-refractivity contribution in [2.75, 3.05) is 12.4 Å². The molecule has 0 amide bonds. The molecule has 23 heavy (non-hydrogen) atoms. The fraction of sp³-hybridized carbons (Fsp3) is 0.133. The molecule has 2 aromatic heterocycles. The van der Waals surface area contributed by atoms with Crippen LogP contribution in [0.25, 0.3) is 10.9 Å². The van der Waals surface area contributed by atoms with Gasteiger partial charge in [0.1, 0.15) is 17.1 Å². The predicted molar refractivity (Wildman–Crippen MR) is 90.2 cm³/mol. The third kappa shape index (κ3) is 4.40. The molecular weight excluding hydrogens is 334 g/mol. The summed E-state index contributed by atoms with van der Waals surface area (Å²) in [5.74, 6) is 0.635. The Morgan fingerprint density at radius 3 is 2.91 bits per heavy atom. The number of benzene rings is 1. The molecule has 2 heterocycles. The Hall–Kier alpha value is -2.19. The topological polar surface area (TPSA) is 66.2 Å². The molecule has 0 aliphatic rings. The van der Waals surface area contributed by atoms with Gasteiger partial charge in [0.2, 0.25) is 0 Å². The minimum absolute atomic E-state index is 0.253. The van der Waals surface area contributed by atoms with E-state index in [1.165, 1.54) is 10.8 Å². The van der Waals surface area contributed by atoms with Crippen molar-refractivity contribution in [3.8, 4) is 0 Å². The van der Waals surface area contributed by atoms with Gasteiger partial charge in [-0.05, 0) is 29.0 Å². The Kier molecular flexibility index (Phi) is 5.38. The summed E-state index contributed by atoms with van der Waals surface area (Å²) in [6.45, 7) is 0.253. The first-order valence-corrected chi connectivity index (χ1v) is 9.13. The lowest BCUT2D eigenvalue weighted by atomic mass is 10.3. The zero-order chi connectivity index (χ0) is 15.9. The molecule has 0 saturated carbocycles.